The first-order valence-electron chi connectivity index (χ1n) is 13.1. The maximum Gasteiger partial charge on any atom is 0.264 e. The Morgan fingerprint density at radius 2 is 1.87 bits per heavy atom. The van der Waals surface area contributed by atoms with Crippen LogP contribution in [0.15, 0.2) is 42.5 Å². The molecular weight excluding hydrogens is 729 g/mol. The summed E-state index contributed by atoms with van der Waals surface area (Å²) in [4.78, 5) is 31.3. The van der Waals surface area contributed by atoms with Gasteiger partial charge >= 0.3 is 0 Å². The van der Waals surface area contributed by atoms with Crippen LogP contribution >= 0.6 is 45.2 Å². The van der Waals surface area contributed by atoms with Crippen molar-refractivity contribution in [1.82, 2.24) is 4.90 Å². The van der Waals surface area contributed by atoms with Gasteiger partial charge < -0.3 is 23.8 Å². The molecule has 3 heterocycles. The van der Waals surface area contributed by atoms with E-state index in [4.69, 9.17) is 4.74 Å². The fourth-order valence-electron chi connectivity index (χ4n) is 6.79. The molecular formula is C28H33FI2N2O4Si. The summed E-state index contributed by atoms with van der Waals surface area (Å²) in [7, 11) is -3.36. The van der Waals surface area contributed by atoms with Crippen LogP contribution in [0, 0.1) is 13.1 Å². The number of amides is 2. The molecule has 0 saturated carbocycles. The molecule has 3 aliphatic heterocycles. The van der Waals surface area contributed by atoms with Crippen LogP contribution in [-0.4, -0.2) is 55.5 Å². The smallest absolute Gasteiger partial charge is 0.264 e. The van der Waals surface area contributed by atoms with Crippen molar-refractivity contribution < 1.29 is 23.5 Å². The fourth-order valence-corrected chi connectivity index (χ4v) is 10.1. The molecule has 2 saturated heterocycles. The number of ether oxygens (including phenoxy) is 1. The molecule has 0 unspecified atom stereocenters. The van der Waals surface area contributed by atoms with Crippen molar-refractivity contribution in [2.75, 3.05) is 18.1 Å². The zero-order valence-corrected chi connectivity index (χ0v) is 27.1. The fraction of sp³-hybridized carbons (Fsp3) is 0.500. The summed E-state index contributed by atoms with van der Waals surface area (Å²) < 4.78 is 24.8. The van der Waals surface area contributed by atoms with Crippen LogP contribution in [0.4, 0.5) is 9.80 Å². The van der Waals surface area contributed by atoms with Gasteiger partial charge in [0.2, 0.25) is 14.3 Å². The van der Waals surface area contributed by atoms with Crippen LogP contribution in [0.3, 0.4) is 0 Å². The van der Waals surface area contributed by atoms with Gasteiger partial charge in [0.15, 0.2) is 5.60 Å². The van der Waals surface area contributed by atoms with E-state index in [9.17, 15) is 14.7 Å². The molecule has 5 rings (SSSR count). The molecule has 6 nitrogen and oxygen atoms in total. The molecule has 3 aliphatic rings. The van der Waals surface area contributed by atoms with Crippen LogP contribution in [0.5, 0.6) is 0 Å². The van der Waals surface area contributed by atoms with Gasteiger partial charge in [-0.05, 0) is 107 Å². The highest BCUT2D eigenvalue weighted by molar-refractivity contribution is 14.1. The summed E-state index contributed by atoms with van der Waals surface area (Å²) in [5.41, 5.74) is 0.672. The predicted octanol–water partition coefficient (Wildman–Crippen LogP) is 5.59. The van der Waals surface area contributed by atoms with Crippen LogP contribution < -0.4 is 4.90 Å². The molecule has 1 spiro atoms. The Morgan fingerprint density at radius 1 is 1.18 bits per heavy atom. The van der Waals surface area contributed by atoms with Gasteiger partial charge in [0.1, 0.15) is 0 Å². The van der Waals surface area contributed by atoms with Crippen molar-refractivity contribution in [1.29, 1.82) is 0 Å². The van der Waals surface area contributed by atoms with E-state index in [0.717, 1.165) is 36.8 Å². The van der Waals surface area contributed by atoms with Gasteiger partial charge in [-0.25, -0.2) is 0 Å². The Hall–Kier alpha value is -1.09. The number of aliphatic hydroxyl groups is 1. The molecule has 38 heavy (non-hydrogen) atoms. The van der Waals surface area contributed by atoms with E-state index < -0.39 is 31.6 Å². The molecule has 2 aromatic rings. The Balaban J connectivity index is 1.53. The highest BCUT2D eigenvalue weighted by Crippen LogP contribution is 2.60. The molecule has 5 atom stereocenters. The maximum absolute atomic E-state index is 16.0. The molecule has 0 radical (unpaired) electrons. The van der Waals surface area contributed by atoms with E-state index in [1.807, 2.05) is 49.4 Å². The van der Waals surface area contributed by atoms with Crippen molar-refractivity contribution in [2.45, 2.75) is 69.1 Å². The second kappa shape index (κ2) is 10.7. The van der Waals surface area contributed by atoms with Crippen molar-refractivity contribution in [3.05, 3.63) is 60.7 Å². The second-order valence-electron chi connectivity index (χ2n) is 11.2. The van der Waals surface area contributed by atoms with E-state index in [1.165, 1.54) is 0 Å². The van der Waals surface area contributed by atoms with Crippen LogP contribution in [0.2, 0.25) is 18.6 Å². The van der Waals surface area contributed by atoms with Crippen LogP contribution in [-0.2, 0) is 26.5 Å². The number of carbonyl (C=O) groups excluding carboxylic acids is 2. The lowest BCUT2D eigenvalue weighted by atomic mass is 9.82. The number of aliphatic hydroxyl groups excluding tert-OH is 1. The number of likely N-dealkylation sites (tertiary alicyclic amines) is 1. The molecule has 0 aromatic heterocycles. The Kier molecular flexibility index (Phi) is 8.02. The Bertz CT molecular complexity index is 1240. The first-order valence-corrected chi connectivity index (χ1v) is 18.2. The zero-order chi connectivity index (χ0) is 27.4. The molecule has 2 fully saturated rings. The number of carbonyl (C=O) groups is 2. The van der Waals surface area contributed by atoms with Crippen molar-refractivity contribution in [3.63, 3.8) is 0 Å². The largest absolute Gasteiger partial charge is 0.394 e. The summed E-state index contributed by atoms with van der Waals surface area (Å²) in [6.45, 7) is 6.12. The van der Waals surface area contributed by atoms with E-state index in [0.29, 0.717) is 13.1 Å². The summed E-state index contributed by atoms with van der Waals surface area (Å²) in [5.74, 6) is -0.762. The van der Waals surface area contributed by atoms with Gasteiger partial charge in [0, 0.05) is 30.7 Å². The van der Waals surface area contributed by atoms with Gasteiger partial charge in [0.25, 0.3) is 5.91 Å². The monoisotopic (exact) mass is 762 g/mol. The average Bonchev–Trinajstić information content (AvgIpc) is 3.51. The summed E-state index contributed by atoms with van der Waals surface area (Å²) in [6, 6.07) is 13.8. The molecule has 0 bridgehead atoms. The number of halogens is 3. The average molecular weight is 762 g/mol. The van der Waals surface area contributed by atoms with Gasteiger partial charge in [-0.2, -0.15) is 0 Å². The standard InChI is InChI=1S/C28H33FI2N2O4Si/c1-17-26(38(2,3)29)24(14-25(35)32-12-4-5-21(32)16-34)37-28(17)22-13-20(31)10-11-23(22)33(27(28)36)15-18-6-8-19(30)9-7-18/h6-11,13,17,21,24,26,34H,4-5,12,14-16H2,1-3H3/t17-,21+,24+,26-,28+/m1/s1. The second-order valence-corrected chi connectivity index (χ2v) is 17.5. The molecule has 10 heteroatoms. The number of hydrogen-bond donors (Lipinski definition) is 1. The molecule has 0 aliphatic carbocycles. The first kappa shape index (κ1) is 28.4. The van der Waals surface area contributed by atoms with E-state index in [2.05, 4.69) is 45.2 Å². The Labute approximate surface area is 251 Å². The van der Waals surface area contributed by atoms with Gasteiger partial charge in [-0.15, -0.1) is 0 Å². The van der Waals surface area contributed by atoms with Crippen molar-refractivity contribution in [3.8, 4) is 0 Å². The van der Waals surface area contributed by atoms with Crippen LogP contribution in [0.1, 0.15) is 37.3 Å². The summed E-state index contributed by atoms with van der Waals surface area (Å²) in [5, 5.41) is 9.74. The normalized spacial score (nSPS) is 29.0. The molecule has 204 valence electrons. The predicted molar refractivity (Wildman–Crippen MR) is 164 cm³/mol. The summed E-state index contributed by atoms with van der Waals surface area (Å²) >= 11 is 4.49. The number of fused-ring (bicyclic) bond motifs is 2. The SMILES string of the molecule is C[C@@H]1[C@@H]([Si](C)(C)F)[C@H](CC(=O)N2CCC[C@H]2CO)O[C@@]12C(=O)N(Cc1ccc(I)cc1)c1ccc(I)cc12. The van der Waals surface area contributed by atoms with Gasteiger partial charge in [0.05, 0.1) is 37.4 Å². The van der Waals surface area contributed by atoms with Gasteiger partial charge in [-0.1, -0.05) is 19.1 Å². The lowest BCUT2D eigenvalue weighted by molar-refractivity contribution is -0.150. The minimum Gasteiger partial charge on any atom is -0.394 e. The number of benzene rings is 2. The van der Waals surface area contributed by atoms with E-state index in [1.54, 1.807) is 22.9 Å². The quantitative estimate of drug-likeness (QED) is 0.237. The number of rotatable bonds is 6. The third-order valence-corrected chi connectivity index (χ3v) is 12.3. The lowest BCUT2D eigenvalue weighted by Crippen LogP contribution is -2.45. The van der Waals surface area contributed by atoms with Crippen molar-refractivity contribution >= 4 is 71.1 Å². The Morgan fingerprint density at radius 3 is 2.53 bits per heavy atom. The van der Waals surface area contributed by atoms with Crippen LogP contribution in [0.25, 0.3) is 0 Å². The van der Waals surface area contributed by atoms with Crippen molar-refractivity contribution in [2.24, 2.45) is 5.92 Å². The molecule has 2 amide bonds. The zero-order valence-electron chi connectivity index (χ0n) is 21.8. The number of hydrogen-bond acceptors (Lipinski definition) is 4. The first-order chi connectivity index (χ1) is 18.0. The highest BCUT2D eigenvalue weighted by atomic mass is 127. The third-order valence-electron chi connectivity index (χ3n) is 8.46. The lowest BCUT2D eigenvalue weighted by Gasteiger charge is -2.31. The molecule has 1 N–H and O–H groups in total. The third kappa shape index (κ3) is 4.86. The number of anilines is 1. The maximum atomic E-state index is 16.0. The minimum absolute atomic E-state index is 0.0112. The van der Waals surface area contributed by atoms with E-state index >= 15 is 4.11 Å². The molecule has 2 aromatic carbocycles. The number of nitrogens with zero attached hydrogens (tertiary/aromatic N) is 2. The topological polar surface area (TPSA) is 70.1 Å². The highest BCUT2D eigenvalue weighted by Gasteiger charge is 2.67. The minimum atomic E-state index is -3.36. The summed E-state index contributed by atoms with van der Waals surface area (Å²) in [6.07, 6.45) is 0.903. The van der Waals surface area contributed by atoms with E-state index in [-0.39, 0.29) is 30.9 Å². The van der Waals surface area contributed by atoms with Gasteiger partial charge in [-0.3, -0.25) is 9.59 Å².